The van der Waals surface area contributed by atoms with Gasteiger partial charge in [0.15, 0.2) is 0 Å². The molecule has 2 aliphatic heterocycles. The van der Waals surface area contributed by atoms with E-state index < -0.39 is 5.66 Å². The van der Waals surface area contributed by atoms with E-state index in [-0.39, 0.29) is 24.3 Å². The lowest BCUT2D eigenvalue weighted by Gasteiger charge is -2.30. The van der Waals surface area contributed by atoms with E-state index in [2.05, 4.69) is 6.07 Å². The smallest absolute Gasteiger partial charge is 0.347 e. The Balaban J connectivity index is 1.50. The second-order valence-corrected chi connectivity index (χ2v) is 7.48. The SMILES string of the molecule is O=[N+]([O-])[C@]1(c2ccccc2)COCN1c1cc[c]c(C2=N[C@H](c3ccccc3)CO2)c1. The maximum atomic E-state index is 12.3. The summed E-state index contributed by atoms with van der Waals surface area (Å²) < 4.78 is 11.4. The minimum Gasteiger partial charge on any atom is -0.475 e. The summed E-state index contributed by atoms with van der Waals surface area (Å²) in [5.74, 6) is 0.488. The molecular formula is C24H20N3O4. The van der Waals surface area contributed by atoms with Crippen molar-refractivity contribution in [2.75, 3.05) is 24.8 Å². The van der Waals surface area contributed by atoms with E-state index in [0.29, 0.717) is 29.3 Å². The zero-order chi connectivity index (χ0) is 21.3. The van der Waals surface area contributed by atoms with Gasteiger partial charge in [0, 0.05) is 11.3 Å². The van der Waals surface area contributed by atoms with Crippen molar-refractivity contribution in [3.8, 4) is 0 Å². The highest BCUT2D eigenvalue weighted by atomic mass is 16.6. The first-order chi connectivity index (χ1) is 15.2. The predicted octanol–water partition coefficient (Wildman–Crippen LogP) is 3.93. The quantitative estimate of drug-likeness (QED) is 0.467. The van der Waals surface area contributed by atoms with Crippen molar-refractivity contribution in [2.24, 2.45) is 4.99 Å². The molecule has 2 heterocycles. The summed E-state index contributed by atoms with van der Waals surface area (Å²) in [5.41, 5.74) is 1.48. The van der Waals surface area contributed by atoms with Crippen LogP contribution in [-0.4, -0.2) is 30.8 Å². The number of hydrogen-bond donors (Lipinski definition) is 0. The molecule has 0 bridgehead atoms. The Kier molecular flexibility index (Phi) is 4.88. The molecule has 1 fully saturated rings. The first kappa shape index (κ1) is 19.3. The Morgan fingerprint density at radius 3 is 2.58 bits per heavy atom. The fourth-order valence-corrected chi connectivity index (χ4v) is 4.07. The van der Waals surface area contributed by atoms with Crippen LogP contribution in [0.4, 0.5) is 5.69 Å². The van der Waals surface area contributed by atoms with E-state index >= 15 is 0 Å². The Bertz CT molecular complexity index is 1120. The van der Waals surface area contributed by atoms with Crippen molar-refractivity contribution in [2.45, 2.75) is 11.7 Å². The van der Waals surface area contributed by atoms with Crippen molar-refractivity contribution in [3.05, 3.63) is 112 Å². The molecule has 0 amide bonds. The minimum absolute atomic E-state index is 0.0362. The second kappa shape index (κ2) is 7.85. The summed E-state index contributed by atoms with van der Waals surface area (Å²) in [6, 6.07) is 27.3. The van der Waals surface area contributed by atoms with Crippen LogP contribution in [0, 0.1) is 16.2 Å². The number of aliphatic imine (C=N–C) groups is 1. The molecule has 155 valence electrons. The van der Waals surface area contributed by atoms with Gasteiger partial charge in [-0.3, -0.25) is 15.0 Å². The van der Waals surface area contributed by atoms with Gasteiger partial charge in [0.1, 0.15) is 26.0 Å². The number of nitro groups is 1. The first-order valence-corrected chi connectivity index (χ1v) is 10.0. The lowest BCUT2D eigenvalue weighted by molar-refractivity contribution is -0.575. The van der Waals surface area contributed by atoms with E-state index in [4.69, 9.17) is 14.5 Å². The molecular weight excluding hydrogens is 394 g/mol. The van der Waals surface area contributed by atoms with Crippen molar-refractivity contribution >= 4 is 11.6 Å². The van der Waals surface area contributed by atoms with Crippen LogP contribution < -0.4 is 4.90 Å². The highest BCUT2D eigenvalue weighted by molar-refractivity contribution is 5.96. The fourth-order valence-electron chi connectivity index (χ4n) is 4.07. The number of hydrogen-bond acceptors (Lipinski definition) is 6. The summed E-state index contributed by atoms with van der Waals surface area (Å²) >= 11 is 0. The average molecular weight is 414 g/mol. The van der Waals surface area contributed by atoms with Gasteiger partial charge in [0.2, 0.25) is 5.90 Å². The summed E-state index contributed by atoms with van der Waals surface area (Å²) in [6.07, 6.45) is 0. The van der Waals surface area contributed by atoms with Crippen LogP contribution in [0.2, 0.25) is 0 Å². The van der Waals surface area contributed by atoms with Crippen LogP contribution in [0.15, 0.2) is 83.9 Å². The van der Waals surface area contributed by atoms with Crippen molar-refractivity contribution < 1.29 is 14.4 Å². The first-order valence-electron chi connectivity index (χ1n) is 10.0. The Morgan fingerprint density at radius 2 is 1.84 bits per heavy atom. The van der Waals surface area contributed by atoms with Crippen molar-refractivity contribution in [1.29, 1.82) is 0 Å². The average Bonchev–Trinajstić information content (AvgIpc) is 3.49. The van der Waals surface area contributed by atoms with E-state index in [1.807, 2.05) is 42.5 Å². The molecule has 0 aromatic heterocycles. The summed E-state index contributed by atoms with van der Waals surface area (Å²) in [6.45, 7) is 0.526. The third-order valence-corrected chi connectivity index (χ3v) is 5.67. The molecule has 2 atom stereocenters. The number of benzene rings is 3. The van der Waals surface area contributed by atoms with Gasteiger partial charge in [0.25, 0.3) is 0 Å². The van der Waals surface area contributed by atoms with E-state index in [1.165, 1.54) is 0 Å². The summed E-state index contributed by atoms with van der Waals surface area (Å²) in [5, 5.41) is 12.3. The number of nitrogens with zero attached hydrogens (tertiary/aromatic N) is 3. The summed E-state index contributed by atoms with van der Waals surface area (Å²) in [4.78, 5) is 18.4. The number of ether oxygens (including phenoxy) is 2. The molecule has 2 aliphatic rings. The van der Waals surface area contributed by atoms with Gasteiger partial charge in [-0.15, -0.1) is 0 Å². The van der Waals surface area contributed by atoms with Gasteiger partial charge < -0.3 is 9.47 Å². The van der Waals surface area contributed by atoms with Gasteiger partial charge in [-0.25, -0.2) is 4.99 Å². The molecule has 31 heavy (non-hydrogen) atoms. The molecule has 0 aliphatic carbocycles. The molecule has 0 saturated carbocycles. The van der Waals surface area contributed by atoms with E-state index in [0.717, 1.165) is 5.56 Å². The Morgan fingerprint density at radius 1 is 1.10 bits per heavy atom. The molecule has 3 aromatic rings. The van der Waals surface area contributed by atoms with Crippen LogP contribution in [0.5, 0.6) is 0 Å². The fraction of sp³-hybridized carbons (Fsp3) is 0.208. The topological polar surface area (TPSA) is 77.2 Å². The molecule has 5 rings (SSSR count). The van der Waals surface area contributed by atoms with E-state index in [1.54, 1.807) is 41.3 Å². The highest BCUT2D eigenvalue weighted by Gasteiger charge is 2.55. The maximum Gasteiger partial charge on any atom is 0.347 e. The molecule has 0 spiro atoms. The number of anilines is 1. The van der Waals surface area contributed by atoms with Gasteiger partial charge in [0.05, 0.1) is 10.5 Å². The summed E-state index contributed by atoms with van der Waals surface area (Å²) in [7, 11) is 0. The standard InChI is InChI=1S/C24H20N3O4/c28-27(29)24(20-11-5-2-6-12-20)16-30-17-26(24)21-13-7-10-19(14-21)23-25-22(15-31-23)18-8-3-1-4-9-18/h1-9,11-14,22H,15-17H2/t22-,24-/m0/s1. The normalized spacial score (nSPS) is 22.8. The number of rotatable bonds is 5. The molecule has 0 N–H and O–H groups in total. The van der Waals surface area contributed by atoms with Crippen LogP contribution in [-0.2, 0) is 15.1 Å². The Labute approximate surface area is 179 Å². The molecule has 7 nitrogen and oxygen atoms in total. The third-order valence-electron chi connectivity index (χ3n) is 5.67. The maximum absolute atomic E-state index is 12.3. The molecule has 1 saturated heterocycles. The zero-order valence-electron chi connectivity index (χ0n) is 16.7. The second-order valence-electron chi connectivity index (χ2n) is 7.48. The third kappa shape index (κ3) is 3.33. The van der Waals surface area contributed by atoms with Crippen LogP contribution in [0.3, 0.4) is 0 Å². The molecule has 7 heteroatoms. The molecule has 1 radical (unpaired) electrons. The largest absolute Gasteiger partial charge is 0.475 e. The highest BCUT2D eigenvalue weighted by Crippen LogP contribution is 2.38. The zero-order valence-corrected chi connectivity index (χ0v) is 16.7. The predicted molar refractivity (Wildman–Crippen MR) is 115 cm³/mol. The minimum atomic E-state index is -1.50. The molecule has 3 aromatic carbocycles. The lowest BCUT2D eigenvalue weighted by Crippen LogP contribution is -2.50. The van der Waals surface area contributed by atoms with Crippen LogP contribution >= 0.6 is 0 Å². The van der Waals surface area contributed by atoms with Gasteiger partial charge >= 0.3 is 5.66 Å². The van der Waals surface area contributed by atoms with Gasteiger partial charge in [-0.2, -0.15) is 0 Å². The Hall–Kier alpha value is -3.71. The van der Waals surface area contributed by atoms with E-state index in [9.17, 15) is 10.1 Å². The monoisotopic (exact) mass is 414 g/mol. The van der Waals surface area contributed by atoms with Crippen molar-refractivity contribution in [3.63, 3.8) is 0 Å². The van der Waals surface area contributed by atoms with Crippen molar-refractivity contribution in [1.82, 2.24) is 0 Å². The lowest BCUT2D eigenvalue weighted by atomic mass is 9.99. The van der Waals surface area contributed by atoms with Gasteiger partial charge in [-0.1, -0.05) is 54.6 Å². The van der Waals surface area contributed by atoms with Gasteiger partial charge in [-0.05, 0) is 35.9 Å². The van der Waals surface area contributed by atoms with Crippen LogP contribution in [0.25, 0.3) is 0 Å². The van der Waals surface area contributed by atoms with Crippen LogP contribution in [0.1, 0.15) is 22.7 Å². The molecule has 0 unspecified atom stereocenters.